The Balaban J connectivity index is 1.36. The number of rotatable bonds is 5. The predicted octanol–water partition coefficient (Wildman–Crippen LogP) is 4.04. The van der Waals surface area contributed by atoms with Crippen LogP contribution < -0.4 is 10.6 Å². The predicted molar refractivity (Wildman–Crippen MR) is 114 cm³/mol. The molecule has 1 aliphatic heterocycles. The number of nitrogens with zero attached hydrogens (tertiary/aromatic N) is 1. The van der Waals surface area contributed by atoms with Crippen LogP contribution >= 0.6 is 23.1 Å². The zero-order valence-electron chi connectivity index (χ0n) is 15.1. The standard InChI is InChI=1S/C21H19N3O2S2/c25-20(23-13-14-5-9-22-10-6-14)15-1-3-16(4-2-15)24-21(26)19-17-7-11-27-18(17)8-12-28-19/h1-7,9-11,19H,8,12-13H2,(H,23,25)(H,24,26). The van der Waals surface area contributed by atoms with Crippen molar-refractivity contribution in [3.63, 3.8) is 0 Å². The topological polar surface area (TPSA) is 71.1 Å². The number of hydrogen-bond donors (Lipinski definition) is 2. The number of carbonyl (C=O) groups is 2. The summed E-state index contributed by atoms with van der Waals surface area (Å²) in [7, 11) is 0. The van der Waals surface area contributed by atoms with E-state index in [1.807, 2.05) is 18.2 Å². The van der Waals surface area contributed by atoms with Gasteiger partial charge in [-0.1, -0.05) is 0 Å². The van der Waals surface area contributed by atoms with Crippen LogP contribution in [0.4, 0.5) is 5.69 Å². The van der Waals surface area contributed by atoms with Crippen LogP contribution in [0.2, 0.25) is 0 Å². The summed E-state index contributed by atoms with van der Waals surface area (Å²) >= 11 is 3.40. The first-order valence-corrected chi connectivity index (χ1v) is 10.9. The van der Waals surface area contributed by atoms with Gasteiger partial charge < -0.3 is 10.6 Å². The highest BCUT2D eigenvalue weighted by molar-refractivity contribution is 8.00. The molecule has 1 atom stereocenters. The third-order valence-corrected chi connectivity index (χ3v) is 6.77. The number of nitrogens with one attached hydrogen (secondary N) is 2. The molecular weight excluding hydrogens is 390 g/mol. The van der Waals surface area contributed by atoms with Crippen LogP contribution in [0.3, 0.4) is 0 Å². The van der Waals surface area contributed by atoms with E-state index in [-0.39, 0.29) is 17.1 Å². The second-order valence-electron chi connectivity index (χ2n) is 6.40. The van der Waals surface area contributed by atoms with Crippen LogP contribution in [0.1, 0.15) is 31.6 Å². The van der Waals surface area contributed by atoms with Crippen molar-refractivity contribution in [3.05, 3.63) is 81.8 Å². The molecule has 2 N–H and O–H groups in total. The van der Waals surface area contributed by atoms with E-state index in [1.165, 1.54) is 4.88 Å². The summed E-state index contributed by atoms with van der Waals surface area (Å²) in [6.45, 7) is 0.446. The number of thiophene rings is 1. The Kier molecular flexibility index (Phi) is 5.73. The molecule has 0 spiro atoms. The van der Waals surface area contributed by atoms with Crippen molar-refractivity contribution >= 4 is 40.6 Å². The average Bonchev–Trinajstić information content (AvgIpc) is 3.22. The highest BCUT2D eigenvalue weighted by Crippen LogP contribution is 2.39. The minimum atomic E-state index is -0.168. The maximum Gasteiger partial charge on any atom is 0.251 e. The third-order valence-electron chi connectivity index (χ3n) is 4.53. The highest BCUT2D eigenvalue weighted by atomic mass is 32.2. The summed E-state index contributed by atoms with van der Waals surface area (Å²) in [6, 6.07) is 12.8. The molecule has 0 saturated heterocycles. The van der Waals surface area contributed by atoms with Crippen LogP contribution in [0.25, 0.3) is 0 Å². The van der Waals surface area contributed by atoms with Gasteiger partial charge in [-0.2, -0.15) is 0 Å². The number of carbonyl (C=O) groups excluding carboxylic acids is 2. The first kappa shape index (κ1) is 18.7. The Labute approximate surface area is 171 Å². The van der Waals surface area contributed by atoms with E-state index >= 15 is 0 Å². The van der Waals surface area contributed by atoms with Gasteiger partial charge >= 0.3 is 0 Å². The van der Waals surface area contributed by atoms with E-state index in [2.05, 4.69) is 21.0 Å². The molecule has 2 amide bonds. The second kappa shape index (κ2) is 8.58. The van der Waals surface area contributed by atoms with Crippen molar-refractivity contribution in [1.29, 1.82) is 0 Å². The van der Waals surface area contributed by atoms with Crippen molar-refractivity contribution < 1.29 is 9.59 Å². The lowest BCUT2D eigenvalue weighted by Gasteiger charge is -2.21. The zero-order valence-corrected chi connectivity index (χ0v) is 16.7. The van der Waals surface area contributed by atoms with E-state index in [0.717, 1.165) is 23.3 Å². The number of thioether (sulfide) groups is 1. The van der Waals surface area contributed by atoms with Gasteiger partial charge in [0.05, 0.1) is 0 Å². The lowest BCUT2D eigenvalue weighted by atomic mass is 10.1. The number of aromatic nitrogens is 1. The zero-order chi connectivity index (χ0) is 19.3. The van der Waals surface area contributed by atoms with Crippen LogP contribution in [0.5, 0.6) is 0 Å². The highest BCUT2D eigenvalue weighted by Gasteiger charge is 2.28. The molecule has 28 heavy (non-hydrogen) atoms. The Bertz CT molecular complexity index is 971. The molecule has 0 radical (unpaired) electrons. The van der Waals surface area contributed by atoms with Crippen LogP contribution in [-0.4, -0.2) is 22.6 Å². The van der Waals surface area contributed by atoms with E-state index in [9.17, 15) is 9.59 Å². The first-order chi connectivity index (χ1) is 13.7. The molecule has 1 aromatic carbocycles. The molecule has 1 unspecified atom stereocenters. The van der Waals surface area contributed by atoms with Crippen molar-refractivity contribution in [2.45, 2.75) is 18.2 Å². The van der Waals surface area contributed by atoms with Crippen molar-refractivity contribution in [1.82, 2.24) is 10.3 Å². The van der Waals surface area contributed by atoms with Gasteiger partial charge in [-0.3, -0.25) is 14.6 Å². The maximum atomic E-state index is 12.7. The molecular formula is C21H19N3O2S2. The fraction of sp³-hybridized carbons (Fsp3) is 0.190. The molecule has 0 bridgehead atoms. The average molecular weight is 410 g/mol. The number of fused-ring (bicyclic) bond motifs is 1. The summed E-state index contributed by atoms with van der Waals surface area (Å²) in [5.74, 6) is 0.794. The number of anilines is 1. The number of amides is 2. The lowest BCUT2D eigenvalue weighted by Crippen LogP contribution is -2.23. The van der Waals surface area contributed by atoms with Crippen LogP contribution in [-0.2, 0) is 17.8 Å². The van der Waals surface area contributed by atoms with Crippen LogP contribution in [0, 0.1) is 0 Å². The van der Waals surface area contributed by atoms with E-state index < -0.39 is 0 Å². The van der Waals surface area contributed by atoms with Crippen molar-refractivity contribution in [3.8, 4) is 0 Å². The molecule has 0 saturated carbocycles. The summed E-state index contributed by atoms with van der Waals surface area (Å²) in [5.41, 5.74) is 3.37. The van der Waals surface area contributed by atoms with E-state index in [4.69, 9.17) is 0 Å². The maximum absolute atomic E-state index is 12.7. The van der Waals surface area contributed by atoms with Gasteiger partial charge in [0.2, 0.25) is 5.91 Å². The molecule has 5 nitrogen and oxygen atoms in total. The Morgan fingerprint density at radius 3 is 2.64 bits per heavy atom. The number of aryl methyl sites for hydroxylation is 1. The molecule has 7 heteroatoms. The largest absolute Gasteiger partial charge is 0.348 e. The smallest absolute Gasteiger partial charge is 0.251 e. The van der Waals surface area contributed by atoms with Crippen molar-refractivity contribution in [2.75, 3.05) is 11.1 Å². The number of hydrogen-bond acceptors (Lipinski definition) is 5. The van der Waals surface area contributed by atoms with Gasteiger partial charge in [-0.15, -0.1) is 23.1 Å². The van der Waals surface area contributed by atoms with Gasteiger partial charge in [-0.25, -0.2) is 0 Å². The summed E-state index contributed by atoms with van der Waals surface area (Å²) < 4.78 is 0. The Morgan fingerprint density at radius 1 is 1.07 bits per heavy atom. The van der Waals surface area contributed by atoms with Crippen molar-refractivity contribution in [2.24, 2.45) is 0 Å². The number of benzene rings is 1. The fourth-order valence-corrected chi connectivity index (χ4v) is 5.35. The SMILES string of the molecule is O=C(NCc1ccncc1)c1ccc(NC(=O)C2SCCc3sccc32)cc1. The van der Waals surface area contributed by atoms with E-state index in [0.29, 0.717) is 17.8 Å². The minimum Gasteiger partial charge on any atom is -0.348 e. The molecule has 4 rings (SSSR count). The molecule has 0 aliphatic carbocycles. The normalized spacial score (nSPS) is 15.5. The minimum absolute atomic E-state index is 0.0146. The van der Waals surface area contributed by atoms with Crippen LogP contribution in [0.15, 0.2) is 60.2 Å². The van der Waals surface area contributed by atoms with E-state index in [1.54, 1.807) is 59.8 Å². The molecule has 3 heterocycles. The molecule has 0 fully saturated rings. The monoisotopic (exact) mass is 409 g/mol. The molecule has 142 valence electrons. The quantitative estimate of drug-likeness (QED) is 0.667. The van der Waals surface area contributed by atoms with Gasteiger partial charge in [0, 0.05) is 35.1 Å². The number of pyridine rings is 1. The lowest BCUT2D eigenvalue weighted by molar-refractivity contribution is -0.115. The molecule has 1 aliphatic rings. The first-order valence-electron chi connectivity index (χ1n) is 8.96. The second-order valence-corrected chi connectivity index (χ2v) is 8.62. The van der Waals surface area contributed by atoms with Gasteiger partial charge in [0.15, 0.2) is 0 Å². The fourth-order valence-electron chi connectivity index (χ4n) is 3.06. The van der Waals surface area contributed by atoms with Gasteiger partial charge in [0.1, 0.15) is 5.25 Å². The summed E-state index contributed by atoms with van der Waals surface area (Å²) in [5, 5.41) is 7.74. The summed E-state index contributed by atoms with van der Waals surface area (Å²) in [6.07, 6.45) is 4.43. The summed E-state index contributed by atoms with van der Waals surface area (Å²) in [4.78, 5) is 30.2. The Hall–Kier alpha value is -2.64. The molecule has 2 aromatic heterocycles. The Morgan fingerprint density at radius 2 is 1.86 bits per heavy atom. The molecule has 3 aromatic rings. The third kappa shape index (κ3) is 4.26. The van der Waals surface area contributed by atoms with Gasteiger partial charge in [-0.05, 0) is 71.1 Å². The van der Waals surface area contributed by atoms with Gasteiger partial charge in [0.25, 0.3) is 5.91 Å².